The van der Waals surface area contributed by atoms with E-state index in [0.717, 1.165) is 37.5 Å². The summed E-state index contributed by atoms with van der Waals surface area (Å²) < 4.78 is 6.81. The lowest BCUT2D eigenvalue weighted by molar-refractivity contribution is -0.142. The van der Waals surface area contributed by atoms with E-state index in [2.05, 4.69) is 10.2 Å². The van der Waals surface area contributed by atoms with Gasteiger partial charge in [-0.3, -0.25) is 4.79 Å². The third kappa shape index (κ3) is 4.06. The van der Waals surface area contributed by atoms with Gasteiger partial charge in [-0.15, -0.1) is 0 Å². The van der Waals surface area contributed by atoms with Gasteiger partial charge in [0.25, 0.3) is 5.56 Å². The molecule has 0 aliphatic carbocycles. The molecule has 0 spiro atoms. The number of hydrogen-bond donors (Lipinski definition) is 1. The number of piperidine rings is 1. The largest absolute Gasteiger partial charge is 0.467 e. The number of ether oxygens (including phenoxy) is 1. The molecule has 142 valence electrons. The van der Waals surface area contributed by atoms with E-state index in [1.807, 2.05) is 23.0 Å². The van der Waals surface area contributed by atoms with Gasteiger partial charge >= 0.3 is 5.97 Å². The zero-order chi connectivity index (χ0) is 18.7. The number of fused-ring (bicyclic) bond motifs is 4. The smallest absolute Gasteiger partial charge is 0.328 e. The molecule has 26 heavy (non-hydrogen) atoms. The summed E-state index contributed by atoms with van der Waals surface area (Å²) in [5.41, 5.74) is 1.17. The molecule has 0 amide bonds. The number of aromatic nitrogens is 1. The molecule has 0 aromatic carbocycles. The second-order valence-corrected chi connectivity index (χ2v) is 8.28. The van der Waals surface area contributed by atoms with Crippen molar-refractivity contribution in [2.45, 2.75) is 31.3 Å². The van der Waals surface area contributed by atoms with Gasteiger partial charge in [-0.1, -0.05) is 6.07 Å². The van der Waals surface area contributed by atoms with Crippen LogP contribution in [0.25, 0.3) is 0 Å². The van der Waals surface area contributed by atoms with Crippen molar-refractivity contribution in [1.29, 1.82) is 0 Å². The summed E-state index contributed by atoms with van der Waals surface area (Å²) in [4.78, 5) is 26.3. The first-order valence-electron chi connectivity index (χ1n) is 8.85. The van der Waals surface area contributed by atoms with Crippen molar-refractivity contribution in [2.24, 2.45) is 5.92 Å². The molecule has 1 saturated heterocycles. The fourth-order valence-electron chi connectivity index (χ4n) is 3.93. The summed E-state index contributed by atoms with van der Waals surface area (Å²) in [7, 11) is 1.40. The number of esters is 1. The molecule has 2 aliphatic rings. The van der Waals surface area contributed by atoms with Gasteiger partial charge in [0.2, 0.25) is 0 Å². The highest BCUT2D eigenvalue weighted by atomic mass is 32.2. The number of nitrogens with zero attached hydrogens (tertiary/aromatic N) is 2. The molecule has 6 nitrogen and oxygen atoms in total. The highest BCUT2D eigenvalue weighted by Gasteiger charge is 2.36. The van der Waals surface area contributed by atoms with Crippen LogP contribution in [-0.2, 0) is 16.1 Å². The van der Waals surface area contributed by atoms with Crippen molar-refractivity contribution >= 4 is 35.1 Å². The highest BCUT2D eigenvalue weighted by molar-refractivity contribution is 7.98. The van der Waals surface area contributed by atoms with Crippen LogP contribution < -0.4 is 10.9 Å². The summed E-state index contributed by atoms with van der Waals surface area (Å²) in [6.07, 6.45) is 3.76. The Morgan fingerprint density at radius 3 is 2.96 bits per heavy atom. The number of carbonyl (C=O) groups is 1. The molecule has 3 atom stereocenters. The normalized spacial score (nSPS) is 22.3. The molecule has 0 radical (unpaired) electrons. The van der Waals surface area contributed by atoms with Gasteiger partial charge in [-0.2, -0.15) is 11.8 Å². The average Bonchev–Trinajstić information content (AvgIpc) is 2.65. The van der Waals surface area contributed by atoms with E-state index in [1.165, 1.54) is 7.11 Å². The average molecular weight is 396 g/mol. The Hall–Kier alpha value is -1.54. The minimum atomic E-state index is -0.420. The van der Waals surface area contributed by atoms with E-state index in [9.17, 15) is 9.59 Å². The van der Waals surface area contributed by atoms with Crippen molar-refractivity contribution in [3.8, 4) is 0 Å². The van der Waals surface area contributed by atoms with Gasteiger partial charge in [0.05, 0.1) is 7.11 Å². The molecule has 2 aliphatic heterocycles. The van der Waals surface area contributed by atoms with Crippen LogP contribution in [0.1, 0.15) is 24.5 Å². The van der Waals surface area contributed by atoms with Gasteiger partial charge in [0, 0.05) is 37.3 Å². The number of rotatable bonds is 5. The standard InChI is InChI=1S/C18H25N3O3S2/c1-24-17(23)14(6-7-26-2)19-18(25)20-9-12-8-13(11-20)15-4-3-5-16(22)21(15)10-12/h3-5,12-14H,6-11H2,1-2H3,(H,19,25)/t12-,13+,14?/m1/s1. The van der Waals surface area contributed by atoms with E-state index in [0.29, 0.717) is 23.4 Å². The minimum absolute atomic E-state index is 0.0779. The third-order valence-electron chi connectivity index (χ3n) is 5.16. The number of likely N-dealkylation sites (tertiary alicyclic amines) is 1. The molecule has 0 saturated carbocycles. The number of thiocarbonyl (C=S) groups is 1. The van der Waals surface area contributed by atoms with Crippen molar-refractivity contribution < 1.29 is 9.53 Å². The lowest BCUT2D eigenvalue weighted by atomic mass is 9.83. The van der Waals surface area contributed by atoms with E-state index in [4.69, 9.17) is 17.0 Å². The van der Waals surface area contributed by atoms with Crippen molar-refractivity contribution in [1.82, 2.24) is 14.8 Å². The van der Waals surface area contributed by atoms with Gasteiger partial charge in [0.15, 0.2) is 5.11 Å². The van der Waals surface area contributed by atoms with E-state index < -0.39 is 6.04 Å². The van der Waals surface area contributed by atoms with Crippen molar-refractivity contribution in [3.05, 3.63) is 34.2 Å². The van der Waals surface area contributed by atoms with Crippen LogP contribution in [0.15, 0.2) is 23.0 Å². The summed E-state index contributed by atoms with van der Waals surface area (Å²) >= 11 is 7.29. The number of pyridine rings is 1. The van der Waals surface area contributed by atoms with Crippen LogP contribution in [-0.4, -0.2) is 58.8 Å². The van der Waals surface area contributed by atoms with E-state index >= 15 is 0 Å². The highest BCUT2D eigenvalue weighted by Crippen LogP contribution is 2.34. The summed E-state index contributed by atoms with van der Waals surface area (Å²) in [6, 6.07) is 5.08. The lowest BCUT2D eigenvalue weighted by Gasteiger charge is -2.44. The summed E-state index contributed by atoms with van der Waals surface area (Å²) in [5, 5.41) is 3.80. The first-order chi connectivity index (χ1) is 12.5. The number of hydrogen-bond acceptors (Lipinski definition) is 5. The zero-order valence-electron chi connectivity index (χ0n) is 15.1. The number of methoxy groups -OCH3 is 1. The monoisotopic (exact) mass is 395 g/mol. The maximum absolute atomic E-state index is 12.1. The molecule has 1 N–H and O–H groups in total. The molecular weight excluding hydrogens is 370 g/mol. The fraction of sp³-hybridized carbons (Fsp3) is 0.611. The number of carbonyl (C=O) groups excluding carboxylic acids is 1. The van der Waals surface area contributed by atoms with Crippen LogP contribution in [0.4, 0.5) is 0 Å². The van der Waals surface area contributed by atoms with Crippen molar-refractivity contribution in [2.75, 3.05) is 32.2 Å². The SMILES string of the molecule is COC(=O)C(CCSC)NC(=S)N1C[C@H]2C[C@@H](C1)c1cccc(=O)n1C2. The molecule has 1 unspecified atom stereocenters. The lowest BCUT2D eigenvalue weighted by Crippen LogP contribution is -2.54. The van der Waals surface area contributed by atoms with Gasteiger partial charge in [0.1, 0.15) is 6.04 Å². The van der Waals surface area contributed by atoms with Crippen LogP contribution in [0, 0.1) is 5.92 Å². The first kappa shape index (κ1) is 19.2. The predicted octanol–water partition coefficient (Wildman–Crippen LogP) is 1.44. The number of nitrogens with one attached hydrogen (secondary N) is 1. The molecule has 1 aromatic heterocycles. The fourth-order valence-corrected chi connectivity index (χ4v) is 4.69. The molecule has 1 fully saturated rings. The maximum atomic E-state index is 12.1. The Morgan fingerprint density at radius 2 is 2.23 bits per heavy atom. The Balaban J connectivity index is 1.70. The van der Waals surface area contributed by atoms with Gasteiger partial charge in [-0.25, -0.2) is 4.79 Å². The molecule has 8 heteroatoms. The van der Waals surface area contributed by atoms with Crippen LogP contribution in [0.5, 0.6) is 0 Å². The quantitative estimate of drug-likeness (QED) is 0.598. The summed E-state index contributed by atoms with van der Waals surface area (Å²) in [5.74, 6) is 1.26. The molecule has 3 heterocycles. The Morgan fingerprint density at radius 1 is 1.42 bits per heavy atom. The van der Waals surface area contributed by atoms with Gasteiger partial charge in [-0.05, 0) is 49.1 Å². The van der Waals surface area contributed by atoms with Crippen LogP contribution in [0.3, 0.4) is 0 Å². The second kappa shape index (κ2) is 8.43. The van der Waals surface area contributed by atoms with Crippen LogP contribution >= 0.6 is 24.0 Å². The topological polar surface area (TPSA) is 63.6 Å². The molecule has 1 aromatic rings. The van der Waals surface area contributed by atoms with E-state index in [-0.39, 0.29) is 11.5 Å². The zero-order valence-corrected chi connectivity index (χ0v) is 16.8. The molecular formula is C18H25N3O3S2. The predicted molar refractivity (Wildman–Crippen MR) is 108 cm³/mol. The third-order valence-corrected chi connectivity index (χ3v) is 6.18. The number of thioether (sulfide) groups is 1. The Kier molecular flexibility index (Phi) is 6.24. The van der Waals surface area contributed by atoms with Crippen LogP contribution in [0.2, 0.25) is 0 Å². The summed E-state index contributed by atoms with van der Waals surface area (Å²) in [6.45, 7) is 2.30. The van der Waals surface area contributed by atoms with E-state index in [1.54, 1.807) is 17.8 Å². The molecule has 2 bridgehead atoms. The second-order valence-electron chi connectivity index (χ2n) is 6.91. The Labute approximate surface area is 163 Å². The van der Waals surface area contributed by atoms with Crippen molar-refractivity contribution in [3.63, 3.8) is 0 Å². The van der Waals surface area contributed by atoms with Gasteiger partial charge < -0.3 is 19.5 Å². The minimum Gasteiger partial charge on any atom is -0.467 e. The Bertz CT molecular complexity index is 737. The molecule has 3 rings (SSSR count). The maximum Gasteiger partial charge on any atom is 0.328 e. The first-order valence-corrected chi connectivity index (χ1v) is 10.7.